The highest BCUT2D eigenvalue weighted by molar-refractivity contribution is 5.98. The molecule has 0 aliphatic carbocycles. The number of aromatic amines is 1. The summed E-state index contributed by atoms with van der Waals surface area (Å²) >= 11 is 0. The number of rotatable bonds is 7. The van der Waals surface area contributed by atoms with Gasteiger partial charge < -0.3 is 25.5 Å². The Hall–Kier alpha value is -2.54. The first-order valence-electron chi connectivity index (χ1n) is 6.95. The van der Waals surface area contributed by atoms with Crippen LogP contribution in [0.2, 0.25) is 0 Å². The highest BCUT2D eigenvalue weighted by Crippen LogP contribution is 2.20. The van der Waals surface area contributed by atoms with E-state index in [-0.39, 0.29) is 5.91 Å². The largest absolute Gasteiger partial charge is 0.465 e. The van der Waals surface area contributed by atoms with Crippen molar-refractivity contribution in [2.75, 3.05) is 26.8 Å². The van der Waals surface area contributed by atoms with Crippen LogP contribution in [0.25, 0.3) is 10.9 Å². The summed E-state index contributed by atoms with van der Waals surface area (Å²) in [5.41, 5.74) is 2.45. The molecule has 0 spiro atoms. The Kier molecular flexibility index (Phi) is 5.37. The number of nitrogens with one attached hydrogen (secondary N) is 3. The lowest BCUT2D eigenvalue weighted by atomic mass is 10.1. The minimum atomic E-state index is -1.04. The van der Waals surface area contributed by atoms with E-state index in [0.29, 0.717) is 31.7 Å². The van der Waals surface area contributed by atoms with Gasteiger partial charge in [-0.2, -0.15) is 0 Å². The predicted molar refractivity (Wildman–Crippen MR) is 82.2 cm³/mol. The zero-order chi connectivity index (χ0) is 15.9. The molecule has 0 aliphatic heterocycles. The summed E-state index contributed by atoms with van der Waals surface area (Å²) in [5.74, 6) is -0.158. The van der Waals surface area contributed by atoms with Crippen molar-refractivity contribution in [3.63, 3.8) is 0 Å². The van der Waals surface area contributed by atoms with Crippen molar-refractivity contribution in [3.8, 4) is 0 Å². The number of hydrogen-bond acceptors (Lipinski definition) is 3. The van der Waals surface area contributed by atoms with E-state index in [1.165, 1.54) is 0 Å². The Bertz CT molecular complexity index is 666. The molecule has 118 valence electrons. The molecule has 7 nitrogen and oxygen atoms in total. The van der Waals surface area contributed by atoms with Crippen molar-refractivity contribution in [2.45, 2.75) is 6.42 Å². The van der Waals surface area contributed by atoms with Gasteiger partial charge in [0.15, 0.2) is 0 Å². The van der Waals surface area contributed by atoms with Crippen LogP contribution in [0.3, 0.4) is 0 Å². The van der Waals surface area contributed by atoms with Crippen LogP contribution in [0.4, 0.5) is 4.79 Å². The first-order chi connectivity index (χ1) is 10.6. The molecule has 4 N–H and O–H groups in total. The first-order valence-corrected chi connectivity index (χ1v) is 6.95. The minimum Gasteiger partial charge on any atom is -0.465 e. The number of fused-ring (bicyclic) bond motifs is 1. The van der Waals surface area contributed by atoms with Gasteiger partial charge in [-0.3, -0.25) is 4.79 Å². The lowest BCUT2D eigenvalue weighted by Crippen LogP contribution is -2.26. The van der Waals surface area contributed by atoms with E-state index in [1.807, 2.05) is 18.3 Å². The highest BCUT2D eigenvalue weighted by Gasteiger charge is 2.09. The Labute approximate surface area is 127 Å². The Balaban J connectivity index is 2.10. The molecule has 0 saturated heterocycles. The van der Waals surface area contributed by atoms with Crippen molar-refractivity contribution < 1.29 is 19.4 Å². The standard InChI is InChI=1S/C15H19N3O4/c1-22-7-6-16-14(19)10-2-3-13-12(8-10)11(9-18-13)4-5-17-15(20)21/h2-3,8-9,17-18H,4-7H2,1H3,(H,16,19)(H,20,21). The number of benzene rings is 1. The molecule has 0 atom stereocenters. The average Bonchev–Trinajstić information content (AvgIpc) is 2.89. The van der Waals surface area contributed by atoms with Gasteiger partial charge in [-0.15, -0.1) is 0 Å². The number of amides is 2. The molecule has 0 aliphatic rings. The van der Waals surface area contributed by atoms with Gasteiger partial charge in [-0.05, 0) is 30.2 Å². The van der Waals surface area contributed by atoms with Crippen LogP contribution in [-0.2, 0) is 11.2 Å². The molecular formula is C15H19N3O4. The van der Waals surface area contributed by atoms with E-state index in [9.17, 15) is 9.59 Å². The van der Waals surface area contributed by atoms with Crippen LogP contribution in [0.1, 0.15) is 15.9 Å². The van der Waals surface area contributed by atoms with E-state index in [2.05, 4.69) is 15.6 Å². The zero-order valence-electron chi connectivity index (χ0n) is 12.3. The number of carbonyl (C=O) groups excluding carboxylic acids is 1. The fourth-order valence-electron chi connectivity index (χ4n) is 2.20. The number of carbonyl (C=O) groups is 2. The van der Waals surface area contributed by atoms with E-state index in [4.69, 9.17) is 9.84 Å². The molecular weight excluding hydrogens is 286 g/mol. The lowest BCUT2D eigenvalue weighted by Gasteiger charge is -2.05. The fourth-order valence-corrected chi connectivity index (χ4v) is 2.20. The molecule has 2 aromatic rings. The second kappa shape index (κ2) is 7.46. The molecule has 0 radical (unpaired) electrons. The summed E-state index contributed by atoms with van der Waals surface area (Å²) in [6.07, 6.45) is 1.35. The lowest BCUT2D eigenvalue weighted by molar-refractivity contribution is 0.0937. The van der Waals surface area contributed by atoms with E-state index in [1.54, 1.807) is 13.2 Å². The first kappa shape index (κ1) is 15.8. The summed E-state index contributed by atoms with van der Waals surface area (Å²) in [4.78, 5) is 25.6. The summed E-state index contributed by atoms with van der Waals surface area (Å²) in [6, 6.07) is 5.40. The van der Waals surface area contributed by atoms with Gasteiger partial charge in [0.1, 0.15) is 0 Å². The Morgan fingerprint density at radius 2 is 2.09 bits per heavy atom. The van der Waals surface area contributed by atoms with Crippen molar-refractivity contribution in [1.82, 2.24) is 15.6 Å². The minimum absolute atomic E-state index is 0.158. The number of carboxylic acid groups (broad SMARTS) is 1. The molecule has 2 rings (SSSR count). The maximum absolute atomic E-state index is 12.0. The number of methoxy groups -OCH3 is 1. The SMILES string of the molecule is COCCNC(=O)c1ccc2[nH]cc(CCNC(=O)O)c2c1. The molecule has 22 heavy (non-hydrogen) atoms. The van der Waals surface area contributed by atoms with Crippen LogP contribution < -0.4 is 10.6 Å². The molecule has 1 aromatic heterocycles. The van der Waals surface area contributed by atoms with Gasteiger partial charge in [-0.1, -0.05) is 0 Å². The third-order valence-corrected chi connectivity index (χ3v) is 3.29. The van der Waals surface area contributed by atoms with Crippen LogP contribution in [0, 0.1) is 0 Å². The van der Waals surface area contributed by atoms with Crippen LogP contribution in [-0.4, -0.2) is 48.9 Å². The van der Waals surface area contributed by atoms with Crippen LogP contribution in [0.5, 0.6) is 0 Å². The van der Waals surface area contributed by atoms with Gasteiger partial charge in [0.05, 0.1) is 6.61 Å². The second-order valence-electron chi connectivity index (χ2n) is 4.80. The smallest absolute Gasteiger partial charge is 0.404 e. The van der Waals surface area contributed by atoms with E-state index < -0.39 is 6.09 Å². The summed E-state index contributed by atoms with van der Waals surface area (Å²) in [7, 11) is 1.58. The van der Waals surface area contributed by atoms with Crippen molar-refractivity contribution in [3.05, 3.63) is 35.5 Å². The van der Waals surface area contributed by atoms with Gasteiger partial charge in [-0.25, -0.2) is 4.79 Å². The molecule has 1 heterocycles. The Morgan fingerprint density at radius 1 is 1.27 bits per heavy atom. The molecule has 1 aromatic carbocycles. The summed E-state index contributed by atoms with van der Waals surface area (Å²) in [5, 5.41) is 14.6. The third kappa shape index (κ3) is 3.98. The van der Waals surface area contributed by atoms with Crippen molar-refractivity contribution in [1.29, 1.82) is 0 Å². The van der Waals surface area contributed by atoms with Gasteiger partial charge in [0.2, 0.25) is 0 Å². The molecule has 0 saturated carbocycles. The zero-order valence-corrected chi connectivity index (χ0v) is 12.3. The maximum Gasteiger partial charge on any atom is 0.404 e. The van der Waals surface area contributed by atoms with Crippen LogP contribution >= 0.6 is 0 Å². The molecule has 7 heteroatoms. The second-order valence-corrected chi connectivity index (χ2v) is 4.80. The quantitative estimate of drug-likeness (QED) is 0.580. The predicted octanol–water partition coefficient (Wildman–Crippen LogP) is 1.35. The Morgan fingerprint density at radius 3 is 2.82 bits per heavy atom. The maximum atomic E-state index is 12.0. The highest BCUT2D eigenvalue weighted by atomic mass is 16.5. The number of H-pyrrole nitrogens is 1. The summed E-state index contributed by atoms with van der Waals surface area (Å²) < 4.78 is 4.89. The molecule has 2 amide bonds. The van der Waals surface area contributed by atoms with E-state index >= 15 is 0 Å². The van der Waals surface area contributed by atoms with Gasteiger partial charge in [0, 0.05) is 42.9 Å². The molecule has 0 fully saturated rings. The third-order valence-electron chi connectivity index (χ3n) is 3.29. The fraction of sp³-hybridized carbons (Fsp3) is 0.333. The average molecular weight is 305 g/mol. The monoisotopic (exact) mass is 305 g/mol. The molecule has 0 bridgehead atoms. The number of aromatic nitrogens is 1. The van der Waals surface area contributed by atoms with Crippen molar-refractivity contribution in [2.24, 2.45) is 0 Å². The number of ether oxygens (including phenoxy) is 1. The van der Waals surface area contributed by atoms with Crippen molar-refractivity contribution >= 4 is 22.9 Å². The van der Waals surface area contributed by atoms with Gasteiger partial charge >= 0.3 is 6.09 Å². The summed E-state index contributed by atoms with van der Waals surface area (Å²) in [6.45, 7) is 1.24. The topological polar surface area (TPSA) is 103 Å². The van der Waals surface area contributed by atoms with Crippen LogP contribution in [0.15, 0.2) is 24.4 Å². The molecule has 0 unspecified atom stereocenters. The number of hydrogen-bond donors (Lipinski definition) is 4. The van der Waals surface area contributed by atoms with Gasteiger partial charge in [0.25, 0.3) is 5.91 Å². The van der Waals surface area contributed by atoms with E-state index in [0.717, 1.165) is 16.5 Å². The normalized spacial score (nSPS) is 10.6.